The van der Waals surface area contributed by atoms with Gasteiger partial charge in [-0.05, 0) is 28.3 Å². The Morgan fingerprint density at radius 2 is 1.67 bits per heavy atom. The van der Waals surface area contributed by atoms with Crippen molar-refractivity contribution >= 4 is 12.1 Å². The maximum absolute atomic E-state index is 12.1. The second kappa shape index (κ2) is 6.99. The fourth-order valence-electron chi connectivity index (χ4n) is 3.40. The van der Waals surface area contributed by atoms with Crippen LogP contribution in [0.2, 0.25) is 0 Å². The van der Waals surface area contributed by atoms with Gasteiger partial charge in [0.25, 0.3) is 0 Å². The highest BCUT2D eigenvalue weighted by Gasteiger charge is 2.28. The van der Waals surface area contributed by atoms with Crippen molar-refractivity contribution in [2.24, 2.45) is 0 Å². The van der Waals surface area contributed by atoms with Crippen LogP contribution in [0.5, 0.6) is 0 Å². The van der Waals surface area contributed by atoms with Crippen LogP contribution in [0.4, 0.5) is 4.79 Å². The normalized spacial score (nSPS) is 12.3. The van der Waals surface area contributed by atoms with E-state index in [1.807, 2.05) is 24.3 Å². The van der Waals surface area contributed by atoms with E-state index < -0.39 is 12.1 Å². The molecule has 2 aromatic carbocycles. The van der Waals surface area contributed by atoms with Crippen molar-refractivity contribution in [3.05, 3.63) is 83.3 Å². The molecule has 1 aliphatic rings. The maximum Gasteiger partial charge on any atom is 0.407 e. The molecule has 0 spiro atoms. The first-order valence-corrected chi connectivity index (χ1v) is 8.53. The lowest BCUT2D eigenvalue weighted by Crippen LogP contribution is -2.25. The van der Waals surface area contributed by atoms with E-state index in [9.17, 15) is 9.59 Å². The van der Waals surface area contributed by atoms with E-state index in [1.165, 1.54) is 23.5 Å². The number of amides is 1. The van der Waals surface area contributed by atoms with Crippen LogP contribution in [0, 0.1) is 0 Å². The topological polar surface area (TPSA) is 88.8 Å². The van der Waals surface area contributed by atoms with Gasteiger partial charge >= 0.3 is 12.1 Å². The number of alkyl carbamates (subject to hydrolysis) is 1. The van der Waals surface area contributed by atoms with Gasteiger partial charge in [-0.15, -0.1) is 0 Å². The van der Waals surface area contributed by atoms with Crippen molar-refractivity contribution in [3.63, 3.8) is 0 Å². The summed E-state index contributed by atoms with van der Waals surface area (Å²) in [6, 6.07) is 17.6. The van der Waals surface area contributed by atoms with E-state index >= 15 is 0 Å². The zero-order chi connectivity index (χ0) is 18.8. The molecule has 0 radical (unpaired) electrons. The summed E-state index contributed by atoms with van der Waals surface area (Å²) in [5.41, 5.74) is 5.18. The van der Waals surface area contributed by atoms with E-state index in [4.69, 9.17) is 14.3 Å². The Labute approximate surface area is 155 Å². The average Bonchev–Trinajstić information content (AvgIpc) is 3.28. The summed E-state index contributed by atoms with van der Waals surface area (Å²) in [4.78, 5) is 22.9. The number of benzene rings is 2. The lowest BCUT2D eigenvalue weighted by atomic mass is 9.98. The highest BCUT2D eigenvalue weighted by molar-refractivity contribution is 5.84. The zero-order valence-corrected chi connectivity index (χ0v) is 14.3. The number of carbonyl (C=O) groups is 2. The van der Waals surface area contributed by atoms with Crippen molar-refractivity contribution in [1.29, 1.82) is 0 Å². The molecule has 4 rings (SSSR count). The Kier molecular flexibility index (Phi) is 4.38. The fourth-order valence-corrected chi connectivity index (χ4v) is 3.40. The second-order valence-corrected chi connectivity index (χ2v) is 6.30. The average molecular weight is 363 g/mol. The number of hydrogen-bond donors (Lipinski definition) is 2. The van der Waals surface area contributed by atoms with Gasteiger partial charge in [-0.2, -0.15) is 0 Å². The van der Waals surface area contributed by atoms with Gasteiger partial charge in [-0.3, -0.25) is 0 Å². The van der Waals surface area contributed by atoms with Crippen molar-refractivity contribution < 1.29 is 23.8 Å². The summed E-state index contributed by atoms with van der Waals surface area (Å²) in [6.45, 7) is 0.360. The quantitative estimate of drug-likeness (QED) is 0.715. The van der Waals surface area contributed by atoms with Crippen LogP contribution in [-0.4, -0.2) is 23.8 Å². The molecule has 1 aliphatic carbocycles. The zero-order valence-electron chi connectivity index (χ0n) is 14.3. The maximum atomic E-state index is 12.1. The molecule has 1 amide bonds. The molecule has 6 heteroatoms. The van der Waals surface area contributed by atoms with Gasteiger partial charge in [0.05, 0.1) is 6.26 Å². The van der Waals surface area contributed by atoms with E-state index in [2.05, 4.69) is 29.6 Å². The standard InChI is InChI=1S/C21H17NO5/c23-20(24)19-9-13(11-26-19)10-22-21(25)27-12-18-16-7-3-1-5-14(16)15-6-2-4-8-17(15)18/h1-9,11,18H,10,12H2,(H,22,25)(H,23,24). The first-order valence-electron chi connectivity index (χ1n) is 8.53. The monoisotopic (exact) mass is 363 g/mol. The number of furan rings is 1. The van der Waals surface area contributed by atoms with Gasteiger partial charge in [-0.25, -0.2) is 9.59 Å². The fraction of sp³-hybridized carbons (Fsp3) is 0.143. The Balaban J connectivity index is 1.39. The molecule has 0 aliphatic heterocycles. The molecule has 27 heavy (non-hydrogen) atoms. The van der Waals surface area contributed by atoms with Crippen LogP contribution >= 0.6 is 0 Å². The molecule has 6 nitrogen and oxygen atoms in total. The summed E-state index contributed by atoms with van der Waals surface area (Å²) >= 11 is 0. The highest BCUT2D eigenvalue weighted by Crippen LogP contribution is 2.44. The Hall–Kier alpha value is -3.54. The SMILES string of the molecule is O=C(NCc1coc(C(=O)O)c1)OCC1c2ccccc2-c2ccccc21. The minimum Gasteiger partial charge on any atom is -0.475 e. The van der Waals surface area contributed by atoms with E-state index in [0.717, 1.165) is 11.1 Å². The number of carboxylic acids is 1. The number of nitrogens with one attached hydrogen (secondary N) is 1. The van der Waals surface area contributed by atoms with E-state index in [1.54, 1.807) is 0 Å². The van der Waals surface area contributed by atoms with Gasteiger partial charge < -0.3 is 19.6 Å². The molecule has 0 atom stereocenters. The van der Waals surface area contributed by atoms with Gasteiger partial charge in [0, 0.05) is 18.0 Å². The van der Waals surface area contributed by atoms with Crippen molar-refractivity contribution in [1.82, 2.24) is 5.32 Å². The summed E-state index contributed by atoms with van der Waals surface area (Å²) in [7, 11) is 0. The van der Waals surface area contributed by atoms with Crippen LogP contribution in [-0.2, 0) is 11.3 Å². The van der Waals surface area contributed by atoms with Gasteiger partial charge in [0.15, 0.2) is 0 Å². The molecule has 0 unspecified atom stereocenters. The Morgan fingerprint density at radius 3 is 2.26 bits per heavy atom. The molecule has 3 aromatic rings. The largest absolute Gasteiger partial charge is 0.475 e. The first-order chi connectivity index (χ1) is 13.1. The number of fused-ring (bicyclic) bond motifs is 3. The molecule has 1 heterocycles. The van der Waals surface area contributed by atoms with E-state index in [0.29, 0.717) is 5.56 Å². The molecule has 0 saturated carbocycles. The van der Waals surface area contributed by atoms with E-state index in [-0.39, 0.29) is 24.8 Å². The predicted octanol–water partition coefficient (Wildman–Crippen LogP) is 4.02. The van der Waals surface area contributed by atoms with Crippen molar-refractivity contribution in [3.8, 4) is 11.1 Å². The summed E-state index contributed by atoms with van der Waals surface area (Å²) < 4.78 is 10.3. The number of carbonyl (C=O) groups excluding carboxylic acids is 1. The van der Waals surface area contributed by atoms with Crippen LogP contribution < -0.4 is 5.32 Å². The molecule has 1 aromatic heterocycles. The molecular weight excluding hydrogens is 346 g/mol. The highest BCUT2D eigenvalue weighted by atomic mass is 16.5. The minimum absolute atomic E-state index is 0.00399. The Morgan fingerprint density at radius 1 is 1.04 bits per heavy atom. The number of carboxylic acid groups (broad SMARTS) is 1. The van der Waals surface area contributed by atoms with Crippen LogP contribution in [0.3, 0.4) is 0 Å². The third-order valence-electron chi connectivity index (χ3n) is 4.65. The smallest absolute Gasteiger partial charge is 0.407 e. The second-order valence-electron chi connectivity index (χ2n) is 6.30. The minimum atomic E-state index is -1.15. The third-order valence-corrected chi connectivity index (χ3v) is 4.65. The lowest BCUT2D eigenvalue weighted by Gasteiger charge is -2.14. The van der Waals surface area contributed by atoms with Gasteiger partial charge in [-0.1, -0.05) is 48.5 Å². The van der Waals surface area contributed by atoms with Crippen LogP contribution in [0.15, 0.2) is 65.3 Å². The van der Waals surface area contributed by atoms with Crippen LogP contribution in [0.1, 0.15) is 33.2 Å². The molecule has 136 valence electrons. The number of aromatic carboxylic acids is 1. The third kappa shape index (κ3) is 3.29. The van der Waals surface area contributed by atoms with Crippen molar-refractivity contribution in [2.75, 3.05) is 6.61 Å². The number of hydrogen-bond acceptors (Lipinski definition) is 4. The lowest BCUT2D eigenvalue weighted by molar-refractivity contribution is 0.0662. The number of rotatable bonds is 5. The molecule has 0 bridgehead atoms. The van der Waals surface area contributed by atoms with Gasteiger partial charge in [0.1, 0.15) is 6.61 Å². The van der Waals surface area contributed by atoms with Crippen LogP contribution in [0.25, 0.3) is 11.1 Å². The molecular formula is C21H17NO5. The van der Waals surface area contributed by atoms with Gasteiger partial charge in [0.2, 0.25) is 5.76 Å². The molecule has 0 saturated heterocycles. The summed E-state index contributed by atoms with van der Waals surface area (Å²) in [5.74, 6) is -1.32. The first kappa shape index (κ1) is 16.9. The summed E-state index contributed by atoms with van der Waals surface area (Å²) in [5, 5.41) is 11.4. The van der Waals surface area contributed by atoms with Crippen molar-refractivity contribution in [2.45, 2.75) is 12.5 Å². The summed E-state index contributed by atoms with van der Waals surface area (Å²) in [6.07, 6.45) is 0.739. The molecule has 0 fully saturated rings. The Bertz CT molecular complexity index is 962. The molecule has 2 N–H and O–H groups in total. The number of ether oxygens (including phenoxy) is 1. The predicted molar refractivity (Wildman–Crippen MR) is 97.6 cm³/mol.